The lowest BCUT2D eigenvalue weighted by Crippen LogP contribution is -2.21. The number of anilines is 1. The second-order valence-electron chi connectivity index (χ2n) is 7.29. The van der Waals surface area contributed by atoms with E-state index in [4.69, 9.17) is 26.8 Å². The number of ether oxygens (including phenoxy) is 2. The molecule has 0 radical (unpaired) electrons. The maximum atomic E-state index is 12.7. The van der Waals surface area contributed by atoms with Crippen LogP contribution < -0.4 is 25.9 Å². The normalized spacial score (nSPS) is 10.5. The molecule has 0 fully saturated rings. The molecule has 0 bridgehead atoms. The van der Waals surface area contributed by atoms with E-state index in [2.05, 4.69) is 15.8 Å². The van der Waals surface area contributed by atoms with Crippen LogP contribution in [0.4, 0.5) is 11.4 Å². The van der Waals surface area contributed by atoms with Crippen molar-refractivity contribution >= 4 is 46.9 Å². The molecule has 3 rings (SSSR count). The van der Waals surface area contributed by atoms with Crippen molar-refractivity contribution in [1.29, 1.82) is 0 Å². The van der Waals surface area contributed by atoms with Crippen molar-refractivity contribution in [2.75, 3.05) is 19.0 Å². The molecule has 0 atom stereocenters. The first kappa shape index (κ1) is 26.6. The Hall–Kier alpha value is -4.97. The highest BCUT2D eigenvalue weighted by molar-refractivity contribution is 6.34. The fourth-order valence-corrected chi connectivity index (χ4v) is 3.24. The molecule has 0 saturated heterocycles. The molecule has 0 spiro atoms. The Kier molecular flexibility index (Phi) is 8.73. The van der Waals surface area contributed by atoms with Crippen LogP contribution in [-0.2, 0) is 4.79 Å². The third-order valence-corrected chi connectivity index (χ3v) is 5.09. The van der Waals surface area contributed by atoms with Crippen LogP contribution in [0.3, 0.4) is 0 Å². The molecule has 3 aromatic rings. The number of non-ortho nitro benzene ring substituents is 1. The molecule has 0 saturated carbocycles. The number of carbonyl (C=O) groups is 3. The molecule has 12 nitrogen and oxygen atoms in total. The summed E-state index contributed by atoms with van der Waals surface area (Å²) in [6.07, 6.45) is 1.35. The molecule has 0 aliphatic heterocycles. The smallest absolute Gasteiger partial charge is 0.273 e. The van der Waals surface area contributed by atoms with Gasteiger partial charge in [0.25, 0.3) is 23.4 Å². The number of hydrogen-bond donors (Lipinski definition) is 3. The van der Waals surface area contributed by atoms with Crippen LogP contribution in [0, 0.1) is 10.1 Å². The molecular weight excluding hydrogens is 506 g/mol. The van der Waals surface area contributed by atoms with Gasteiger partial charge in [0.1, 0.15) is 0 Å². The minimum Gasteiger partial charge on any atom is -0.493 e. The van der Waals surface area contributed by atoms with Crippen LogP contribution in [0.5, 0.6) is 11.5 Å². The van der Waals surface area contributed by atoms with E-state index in [0.717, 1.165) is 6.07 Å². The molecule has 37 heavy (non-hydrogen) atoms. The highest BCUT2D eigenvalue weighted by Gasteiger charge is 2.18. The van der Waals surface area contributed by atoms with Crippen LogP contribution in [-0.4, -0.2) is 42.6 Å². The zero-order valence-electron chi connectivity index (χ0n) is 19.3. The van der Waals surface area contributed by atoms with Crippen molar-refractivity contribution < 1.29 is 28.8 Å². The predicted molar refractivity (Wildman–Crippen MR) is 135 cm³/mol. The number of benzene rings is 3. The van der Waals surface area contributed by atoms with Gasteiger partial charge in [0.05, 0.1) is 40.1 Å². The van der Waals surface area contributed by atoms with Crippen LogP contribution in [0.25, 0.3) is 0 Å². The van der Waals surface area contributed by atoms with E-state index in [0.29, 0.717) is 17.1 Å². The predicted octanol–water partition coefficient (Wildman–Crippen LogP) is 3.14. The second-order valence-corrected chi connectivity index (χ2v) is 7.69. The molecule has 0 aliphatic carbocycles. The van der Waals surface area contributed by atoms with E-state index < -0.39 is 22.6 Å². The van der Waals surface area contributed by atoms with E-state index in [1.54, 1.807) is 30.3 Å². The number of nitrogens with one attached hydrogen (secondary N) is 2. The third-order valence-electron chi connectivity index (χ3n) is 4.76. The SMILES string of the molecule is COc1cc(/C=N\NC(=O)c2ccccc2NC(=O)c2cc([N+](=O)[O-])ccc2Cl)ccc1OCC(N)=O. The van der Waals surface area contributed by atoms with Gasteiger partial charge in [-0.3, -0.25) is 24.5 Å². The van der Waals surface area contributed by atoms with Gasteiger partial charge >= 0.3 is 0 Å². The Balaban J connectivity index is 1.72. The van der Waals surface area contributed by atoms with Crippen LogP contribution in [0.1, 0.15) is 26.3 Å². The molecule has 13 heteroatoms. The lowest BCUT2D eigenvalue weighted by Gasteiger charge is -2.11. The first-order chi connectivity index (χ1) is 17.7. The van der Waals surface area contributed by atoms with Gasteiger partial charge in [0.2, 0.25) is 0 Å². The Bertz CT molecular complexity index is 1390. The number of nitro groups is 1. The number of hydrazone groups is 1. The average Bonchev–Trinajstić information content (AvgIpc) is 2.87. The molecule has 0 aliphatic rings. The van der Waals surface area contributed by atoms with E-state index in [-0.39, 0.29) is 34.1 Å². The largest absolute Gasteiger partial charge is 0.493 e. The third kappa shape index (κ3) is 7.02. The zero-order chi connectivity index (χ0) is 26.9. The van der Waals surface area contributed by atoms with Gasteiger partial charge < -0.3 is 20.5 Å². The highest BCUT2D eigenvalue weighted by Crippen LogP contribution is 2.27. The molecule has 3 amide bonds. The first-order valence-electron chi connectivity index (χ1n) is 10.5. The molecular formula is C24H20ClN5O7. The lowest BCUT2D eigenvalue weighted by molar-refractivity contribution is -0.384. The lowest BCUT2D eigenvalue weighted by atomic mass is 10.1. The second kappa shape index (κ2) is 12.1. The summed E-state index contributed by atoms with van der Waals surface area (Å²) in [5.74, 6) is -1.38. The summed E-state index contributed by atoms with van der Waals surface area (Å²) < 4.78 is 10.5. The Labute approximate surface area is 215 Å². The number of primary amides is 1. The molecule has 3 aromatic carbocycles. The maximum Gasteiger partial charge on any atom is 0.273 e. The Morgan fingerprint density at radius 3 is 2.51 bits per heavy atom. The summed E-state index contributed by atoms with van der Waals surface area (Å²) in [5.41, 5.74) is 7.77. The number of carbonyl (C=O) groups excluding carboxylic acids is 3. The fraction of sp³-hybridized carbons (Fsp3) is 0.0833. The van der Waals surface area contributed by atoms with Crippen molar-refractivity contribution in [1.82, 2.24) is 5.43 Å². The summed E-state index contributed by atoms with van der Waals surface area (Å²) >= 11 is 6.03. The Morgan fingerprint density at radius 2 is 1.81 bits per heavy atom. The molecule has 0 unspecified atom stereocenters. The number of rotatable bonds is 10. The number of hydrogen-bond acceptors (Lipinski definition) is 8. The number of nitrogens with two attached hydrogens (primary N) is 1. The quantitative estimate of drug-likeness (QED) is 0.207. The monoisotopic (exact) mass is 525 g/mol. The van der Waals surface area contributed by atoms with E-state index in [1.807, 2.05) is 0 Å². The number of para-hydroxylation sites is 1. The molecule has 0 aromatic heterocycles. The number of methoxy groups -OCH3 is 1. The van der Waals surface area contributed by atoms with Crippen molar-refractivity contribution in [2.45, 2.75) is 0 Å². The zero-order valence-corrected chi connectivity index (χ0v) is 20.0. The summed E-state index contributed by atoms with van der Waals surface area (Å²) in [6.45, 7) is -0.316. The summed E-state index contributed by atoms with van der Waals surface area (Å²) in [4.78, 5) is 46.8. The van der Waals surface area contributed by atoms with Gasteiger partial charge in [-0.2, -0.15) is 5.10 Å². The van der Waals surface area contributed by atoms with E-state index in [9.17, 15) is 24.5 Å². The summed E-state index contributed by atoms with van der Waals surface area (Å²) in [5, 5.41) is 17.5. The average molecular weight is 526 g/mol. The topological polar surface area (TPSA) is 175 Å². The first-order valence-corrected chi connectivity index (χ1v) is 10.8. The number of nitrogens with zero attached hydrogens (tertiary/aromatic N) is 2. The van der Waals surface area contributed by atoms with E-state index in [1.165, 1.54) is 37.6 Å². The fourth-order valence-electron chi connectivity index (χ4n) is 3.04. The van der Waals surface area contributed by atoms with Crippen LogP contribution in [0.15, 0.2) is 65.8 Å². The van der Waals surface area contributed by atoms with Crippen LogP contribution >= 0.6 is 11.6 Å². The standard InChI is InChI=1S/C24H20ClN5O7/c1-36-21-10-14(6-9-20(21)37-13-22(26)31)12-27-29-24(33)16-4-2-3-5-19(16)28-23(32)17-11-15(30(34)35)7-8-18(17)25/h2-12H,13H2,1H3,(H2,26,31)(H,28,32)(H,29,33)/b27-12-. The number of halogens is 1. The van der Waals surface area contributed by atoms with Gasteiger partial charge in [-0.05, 0) is 42.0 Å². The summed E-state index contributed by atoms with van der Waals surface area (Å²) in [7, 11) is 1.42. The van der Waals surface area contributed by atoms with Crippen LogP contribution in [0.2, 0.25) is 5.02 Å². The number of amides is 3. The van der Waals surface area contributed by atoms with Crippen molar-refractivity contribution in [3.05, 3.63) is 92.5 Å². The minimum absolute atomic E-state index is 0.0103. The molecule has 190 valence electrons. The van der Waals surface area contributed by atoms with Crippen molar-refractivity contribution in [3.63, 3.8) is 0 Å². The Morgan fingerprint density at radius 1 is 1.05 bits per heavy atom. The van der Waals surface area contributed by atoms with Gasteiger partial charge in [-0.15, -0.1) is 0 Å². The van der Waals surface area contributed by atoms with Gasteiger partial charge in [0.15, 0.2) is 18.1 Å². The molecule has 0 heterocycles. The molecule has 4 N–H and O–H groups in total. The number of nitro benzene ring substituents is 1. The van der Waals surface area contributed by atoms with Gasteiger partial charge in [-0.1, -0.05) is 23.7 Å². The summed E-state index contributed by atoms with van der Waals surface area (Å²) in [6, 6.07) is 14.3. The maximum absolute atomic E-state index is 12.7. The minimum atomic E-state index is -0.733. The van der Waals surface area contributed by atoms with Crippen molar-refractivity contribution in [3.8, 4) is 11.5 Å². The van der Waals surface area contributed by atoms with Gasteiger partial charge in [0, 0.05) is 12.1 Å². The van der Waals surface area contributed by atoms with Crippen molar-refractivity contribution in [2.24, 2.45) is 10.8 Å². The highest BCUT2D eigenvalue weighted by atomic mass is 35.5. The van der Waals surface area contributed by atoms with E-state index >= 15 is 0 Å². The van der Waals surface area contributed by atoms with Gasteiger partial charge in [-0.25, -0.2) is 5.43 Å².